The van der Waals surface area contributed by atoms with Crippen LogP contribution in [0.1, 0.15) is 29.5 Å². The van der Waals surface area contributed by atoms with Crippen LogP contribution in [-0.4, -0.2) is 37.1 Å². The second-order valence-electron chi connectivity index (χ2n) is 8.23. The number of carbonyl (C=O) groups is 1. The fraction of sp³-hybridized carbons (Fsp3) is 0.154. The van der Waals surface area contributed by atoms with Crippen molar-refractivity contribution in [2.45, 2.75) is 24.5 Å². The number of aromatic nitrogens is 3. The van der Waals surface area contributed by atoms with Crippen molar-refractivity contribution >= 4 is 34.3 Å². The minimum absolute atomic E-state index is 0.151. The Morgan fingerprint density at radius 2 is 1.97 bits per heavy atom. The minimum atomic E-state index is -0.337. The van der Waals surface area contributed by atoms with Gasteiger partial charge in [-0.25, -0.2) is 5.01 Å². The third kappa shape index (κ3) is 4.04. The van der Waals surface area contributed by atoms with Crippen LogP contribution >= 0.6 is 11.8 Å². The van der Waals surface area contributed by atoms with E-state index < -0.39 is 0 Å². The third-order valence-electron chi connectivity index (χ3n) is 5.96. The number of fused-ring (bicyclic) bond motifs is 1. The number of amides is 1. The number of nitrogens with zero attached hydrogens (tertiary/aromatic N) is 5. The molecule has 3 aromatic heterocycles. The highest BCUT2D eigenvalue weighted by molar-refractivity contribution is 7.99. The molecule has 1 aliphatic heterocycles. The Morgan fingerprint density at radius 3 is 2.80 bits per heavy atom. The standard InChI is InChI=1S/C26H21N5O3S/c1-17-7-2-4-9-20(17)30-16-27-28-26(30)35-15-25(32)31-21(23-11-6-12-33-23)14-19(29-31)24-13-18-8-3-5-10-22(18)34-24/h2-13,16,21H,14-15H2,1H3. The van der Waals surface area contributed by atoms with Crippen LogP contribution in [0.15, 0.2) is 98.4 Å². The average molecular weight is 484 g/mol. The maximum absolute atomic E-state index is 13.4. The minimum Gasteiger partial charge on any atom is -0.467 e. The lowest BCUT2D eigenvalue weighted by atomic mass is 10.1. The highest BCUT2D eigenvalue weighted by atomic mass is 32.2. The molecule has 0 radical (unpaired) electrons. The molecule has 1 atom stereocenters. The summed E-state index contributed by atoms with van der Waals surface area (Å²) >= 11 is 1.33. The van der Waals surface area contributed by atoms with Crippen LogP contribution < -0.4 is 0 Å². The number of hydrogen-bond donors (Lipinski definition) is 0. The summed E-state index contributed by atoms with van der Waals surface area (Å²) in [5.74, 6) is 1.34. The van der Waals surface area contributed by atoms with Gasteiger partial charge in [0.1, 0.15) is 29.4 Å². The first-order valence-corrected chi connectivity index (χ1v) is 12.2. The molecule has 1 aliphatic rings. The zero-order valence-electron chi connectivity index (χ0n) is 18.9. The number of benzene rings is 2. The van der Waals surface area contributed by atoms with E-state index >= 15 is 0 Å². The first-order chi connectivity index (χ1) is 17.2. The van der Waals surface area contributed by atoms with E-state index in [-0.39, 0.29) is 17.7 Å². The Kier molecular flexibility index (Phi) is 5.46. The molecule has 1 unspecified atom stereocenters. The number of carbonyl (C=O) groups excluding carboxylic acids is 1. The van der Waals surface area contributed by atoms with Gasteiger partial charge < -0.3 is 8.83 Å². The number of hydrazone groups is 1. The predicted octanol–water partition coefficient (Wildman–Crippen LogP) is 5.38. The summed E-state index contributed by atoms with van der Waals surface area (Å²) in [4.78, 5) is 13.4. The van der Waals surface area contributed by atoms with Gasteiger partial charge in [-0.05, 0) is 42.8 Å². The van der Waals surface area contributed by atoms with Crippen LogP contribution in [0, 0.1) is 6.92 Å². The number of hydrogen-bond acceptors (Lipinski definition) is 7. The maximum Gasteiger partial charge on any atom is 0.253 e. The van der Waals surface area contributed by atoms with Gasteiger partial charge in [0.2, 0.25) is 0 Å². The van der Waals surface area contributed by atoms with E-state index in [9.17, 15) is 4.79 Å². The van der Waals surface area contributed by atoms with Crippen molar-refractivity contribution in [2.75, 3.05) is 5.75 Å². The van der Waals surface area contributed by atoms with Gasteiger partial charge in [0.05, 0.1) is 17.7 Å². The van der Waals surface area contributed by atoms with Crippen molar-refractivity contribution in [1.82, 2.24) is 19.8 Å². The number of thioether (sulfide) groups is 1. The third-order valence-corrected chi connectivity index (χ3v) is 6.89. The lowest BCUT2D eigenvalue weighted by molar-refractivity contribution is -0.130. The highest BCUT2D eigenvalue weighted by Gasteiger charge is 2.36. The zero-order valence-corrected chi connectivity index (χ0v) is 19.7. The number of rotatable bonds is 6. The van der Waals surface area contributed by atoms with Gasteiger partial charge >= 0.3 is 0 Å². The maximum atomic E-state index is 13.4. The molecule has 0 fully saturated rings. The molecule has 0 aliphatic carbocycles. The molecular formula is C26H21N5O3S. The van der Waals surface area contributed by atoms with Gasteiger partial charge in [0.15, 0.2) is 10.9 Å². The molecule has 6 rings (SSSR count). The van der Waals surface area contributed by atoms with Crippen molar-refractivity contribution in [2.24, 2.45) is 5.10 Å². The fourth-order valence-electron chi connectivity index (χ4n) is 4.23. The van der Waals surface area contributed by atoms with Crippen LogP contribution in [0.4, 0.5) is 0 Å². The molecular weight excluding hydrogens is 462 g/mol. The summed E-state index contributed by atoms with van der Waals surface area (Å²) in [6, 6.07) is 21.1. The van der Waals surface area contributed by atoms with Gasteiger partial charge in [-0.1, -0.05) is 48.2 Å². The summed E-state index contributed by atoms with van der Waals surface area (Å²) in [5.41, 5.74) is 3.57. The van der Waals surface area contributed by atoms with Crippen LogP contribution in [0.5, 0.6) is 0 Å². The molecule has 2 aromatic carbocycles. The molecule has 8 nitrogen and oxygen atoms in total. The average Bonchev–Trinajstić information content (AvgIpc) is 3.67. The van der Waals surface area contributed by atoms with Crippen molar-refractivity contribution in [1.29, 1.82) is 0 Å². The zero-order chi connectivity index (χ0) is 23.8. The van der Waals surface area contributed by atoms with E-state index in [0.29, 0.717) is 28.8 Å². The van der Waals surface area contributed by atoms with Gasteiger partial charge in [-0.2, -0.15) is 5.10 Å². The van der Waals surface area contributed by atoms with Gasteiger partial charge in [-0.3, -0.25) is 9.36 Å². The summed E-state index contributed by atoms with van der Waals surface area (Å²) in [7, 11) is 0. The molecule has 4 heterocycles. The molecule has 0 bridgehead atoms. The molecule has 1 amide bonds. The predicted molar refractivity (Wildman–Crippen MR) is 132 cm³/mol. The first-order valence-electron chi connectivity index (χ1n) is 11.2. The van der Waals surface area contributed by atoms with Crippen molar-refractivity contribution in [3.63, 3.8) is 0 Å². The molecule has 0 spiro atoms. The van der Waals surface area contributed by atoms with Crippen LogP contribution in [0.25, 0.3) is 16.7 Å². The second-order valence-corrected chi connectivity index (χ2v) is 9.17. The molecule has 5 aromatic rings. The van der Waals surface area contributed by atoms with Crippen LogP contribution in [-0.2, 0) is 4.79 Å². The molecule has 0 saturated carbocycles. The normalized spacial score (nSPS) is 15.6. The quantitative estimate of drug-likeness (QED) is 0.301. The second kappa shape index (κ2) is 8.92. The first kappa shape index (κ1) is 21.4. The van der Waals surface area contributed by atoms with E-state index in [1.807, 2.05) is 78.2 Å². The van der Waals surface area contributed by atoms with Crippen LogP contribution in [0.2, 0.25) is 0 Å². The lowest BCUT2D eigenvalue weighted by Crippen LogP contribution is -2.28. The van der Waals surface area contributed by atoms with E-state index in [2.05, 4.69) is 15.3 Å². The Balaban J connectivity index is 1.26. The summed E-state index contributed by atoms with van der Waals surface area (Å²) in [6.07, 6.45) is 3.77. The Morgan fingerprint density at radius 1 is 1.11 bits per heavy atom. The number of aryl methyl sites for hydroxylation is 1. The summed E-state index contributed by atoms with van der Waals surface area (Å²) < 4.78 is 13.6. The van der Waals surface area contributed by atoms with Gasteiger partial charge in [-0.15, -0.1) is 10.2 Å². The summed E-state index contributed by atoms with van der Waals surface area (Å²) in [5, 5.41) is 16.1. The van der Waals surface area contributed by atoms with E-state index in [1.165, 1.54) is 16.8 Å². The Hall–Kier alpha value is -4.11. The smallest absolute Gasteiger partial charge is 0.253 e. The van der Waals surface area contributed by atoms with E-state index in [4.69, 9.17) is 8.83 Å². The topological polar surface area (TPSA) is 89.7 Å². The van der Waals surface area contributed by atoms with Gasteiger partial charge in [0.25, 0.3) is 5.91 Å². The largest absolute Gasteiger partial charge is 0.467 e. The van der Waals surface area contributed by atoms with Crippen molar-refractivity contribution in [3.05, 3.63) is 96.4 Å². The monoisotopic (exact) mass is 483 g/mol. The van der Waals surface area contributed by atoms with Crippen LogP contribution in [0.3, 0.4) is 0 Å². The number of para-hydroxylation sites is 2. The Bertz CT molecular complexity index is 1500. The molecule has 0 saturated heterocycles. The van der Waals surface area contributed by atoms with Gasteiger partial charge in [0, 0.05) is 11.8 Å². The molecule has 0 N–H and O–H groups in total. The fourth-order valence-corrected chi connectivity index (χ4v) is 5.00. The van der Waals surface area contributed by atoms with E-state index in [0.717, 1.165) is 22.2 Å². The molecule has 174 valence electrons. The lowest BCUT2D eigenvalue weighted by Gasteiger charge is -2.19. The molecule has 35 heavy (non-hydrogen) atoms. The van der Waals surface area contributed by atoms with Crippen molar-refractivity contribution < 1.29 is 13.6 Å². The van der Waals surface area contributed by atoms with E-state index in [1.54, 1.807) is 12.6 Å². The highest BCUT2D eigenvalue weighted by Crippen LogP contribution is 2.35. The summed E-state index contributed by atoms with van der Waals surface area (Å²) in [6.45, 7) is 2.03. The number of furan rings is 2. The molecule has 9 heteroatoms. The Labute approximate surface area is 205 Å². The SMILES string of the molecule is Cc1ccccc1-n1cnnc1SCC(=O)N1N=C(c2cc3ccccc3o2)CC1c1ccco1. The van der Waals surface area contributed by atoms with Crippen molar-refractivity contribution in [3.8, 4) is 5.69 Å².